The number of rotatable bonds is 4. The zero-order valence-corrected chi connectivity index (χ0v) is 11.3. The Balaban J connectivity index is 1.85. The minimum absolute atomic E-state index is 0.0167. The normalized spacial score (nSPS) is 16.4. The summed E-state index contributed by atoms with van der Waals surface area (Å²) >= 11 is 5.70. The molecule has 7 heteroatoms. The summed E-state index contributed by atoms with van der Waals surface area (Å²) < 4.78 is 0. The first-order chi connectivity index (χ1) is 9.20. The Morgan fingerprint density at radius 3 is 2.74 bits per heavy atom. The second kappa shape index (κ2) is 6.68. The summed E-state index contributed by atoms with van der Waals surface area (Å²) in [6.07, 6.45) is 1.56. The minimum Gasteiger partial charge on any atom is -0.395 e. The van der Waals surface area contributed by atoms with Gasteiger partial charge in [0, 0.05) is 25.6 Å². The van der Waals surface area contributed by atoms with Crippen LogP contribution in [0.4, 0.5) is 5.82 Å². The van der Waals surface area contributed by atoms with Crippen LogP contribution in [0.25, 0.3) is 0 Å². The number of hydrogen-bond acceptors (Lipinski definition) is 5. The van der Waals surface area contributed by atoms with Crippen LogP contribution in [0.5, 0.6) is 0 Å². The molecule has 1 saturated heterocycles. The van der Waals surface area contributed by atoms with Crippen molar-refractivity contribution in [2.45, 2.75) is 12.8 Å². The number of aliphatic hydroxyl groups excluding tert-OH is 1. The van der Waals surface area contributed by atoms with E-state index in [4.69, 9.17) is 16.7 Å². The van der Waals surface area contributed by atoms with Crippen molar-refractivity contribution in [2.75, 3.05) is 31.1 Å². The number of carbonyl (C=O) groups excluding carboxylic acids is 1. The molecule has 0 radical (unpaired) electrons. The van der Waals surface area contributed by atoms with Gasteiger partial charge < -0.3 is 15.3 Å². The minimum atomic E-state index is -0.0229. The van der Waals surface area contributed by atoms with Crippen molar-refractivity contribution in [3.8, 4) is 0 Å². The highest BCUT2D eigenvalue weighted by Gasteiger charge is 2.25. The fourth-order valence-electron chi connectivity index (χ4n) is 2.17. The van der Waals surface area contributed by atoms with E-state index in [-0.39, 0.29) is 18.4 Å². The SMILES string of the molecule is O=C(NCCO)C1CCN(c2ccc(Cl)nn2)CC1. The van der Waals surface area contributed by atoms with E-state index >= 15 is 0 Å². The van der Waals surface area contributed by atoms with E-state index in [1.165, 1.54) is 0 Å². The lowest BCUT2D eigenvalue weighted by atomic mass is 9.96. The van der Waals surface area contributed by atoms with Crippen LogP contribution in [0.3, 0.4) is 0 Å². The number of anilines is 1. The first-order valence-electron chi connectivity index (χ1n) is 6.33. The Bertz CT molecular complexity index is 418. The quantitative estimate of drug-likeness (QED) is 0.840. The largest absolute Gasteiger partial charge is 0.395 e. The summed E-state index contributed by atoms with van der Waals surface area (Å²) in [5, 5.41) is 19.6. The van der Waals surface area contributed by atoms with E-state index in [2.05, 4.69) is 20.4 Å². The van der Waals surface area contributed by atoms with Crippen LogP contribution in [0.1, 0.15) is 12.8 Å². The molecule has 0 atom stereocenters. The van der Waals surface area contributed by atoms with Crippen molar-refractivity contribution in [3.63, 3.8) is 0 Å². The number of piperidine rings is 1. The van der Waals surface area contributed by atoms with Crippen molar-refractivity contribution in [2.24, 2.45) is 5.92 Å². The third-order valence-electron chi connectivity index (χ3n) is 3.22. The van der Waals surface area contributed by atoms with Gasteiger partial charge in [-0.1, -0.05) is 11.6 Å². The first-order valence-corrected chi connectivity index (χ1v) is 6.71. The Labute approximate surface area is 116 Å². The van der Waals surface area contributed by atoms with E-state index in [1.807, 2.05) is 6.07 Å². The maximum Gasteiger partial charge on any atom is 0.223 e. The van der Waals surface area contributed by atoms with Crippen molar-refractivity contribution in [1.82, 2.24) is 15.5 Å². The van der Waals surface area contributed by atoms with E-state index < -0.39 is 0 Å². The van der Waals surface area contributed by atoms with Crippen molar-refractivity contribution in [3.05, 3.63) is 17.3 Å². The van der Waals surface area contributed by atoms with Gasteiger partial charge in [0.1, 0.15) is 0 Å². The second-order valence-electron chi connectivity index (χ2n) is 4.49. The number of halogens is 1. The lowest BCUT2D eigenvalue weighted by molar-refractivity contribution is -0.125. The molecule has 19 heavy (non-hydrogen) atoms. The van der Waals surface area contributed by atoms with E-state index in [9.17, 15) is 4.79 Å². The van der Waals surface area contributed by atoms with Crippen LogP contribution in [0.15, 0.2) is 12.1 Å². The lowest BCUT2D eigenvalue weighted by Gasteiger charge is -2.31. The molecule has 1 aliphatic heterocycles. The molecule has 104 valence electrons. The molecule has 0 aliphatic carbocycles. The summed E-state index contributed by atoms with van der Waals surface area (Å²) in [7, 11) is 0. The monoisotopic (exact) mass is 284 g/mol. The topological polar surface area (TPSA) is 78.4 Å². The third-order valence-corrected chi connectivity index (χ3v) is 3.42. The van der Waals surface area contributed by atoms with Gasteiger partial charge in [-0.2, -0.15) is 0 Å². The van der Waals surface area contributed by atoms with Crippen LogP contribution < -0.4 is 10.2 Å². The van der Waals surface area contributed by atoms with Crippen LogP contribution in [0.2, 0.25) is 5.15 Å². The fourth-order valence-corrected chi connectivity index (χ4v) is 2.27. The summed E-state index contributed by atoms with van der Waals surface area (Å²) in [6, 6.07) is 3.55. The fraction of sp³-hybridized carbons (Fsp3) is 0.583. The van der Waals surface area contributed by atoms with Crippen molar-refractivity contribution in [1.29, 1.82) is 0 Å². The van der Waals surface area contributed by atoms with Gasteiger partial charge in [-0.25, -0.2) is 0 Å². The molecule has 1 aromatic heterocycles. The summed E-state index contributed by atoms with van der Waals surface area (Å²) in [4.78, 5) is 13.9. The molecule has 1 aromatic rings. The van der Waals surface area contributed by atoms with Gasteiger partial charge in [-0.05, 0) is 25.0 Å². The molecule has 2 heterocycles. The molecule has 2 rings (SSSR count). The van der Waals surface area contributed by atoms with E-state index in [0.29, 0.717) is 11.7 Å². The molecular weight excluding hydrogens is 268 g/mol. The molecule has 1 aliphatic rings. The number of amides is 1. The van der Waals surface area contributed by atoms with Gasteiger partial charge in [0.05, 0.1) is 6.61 Å². The highest BCUT2D eigenvalue weighted by molar-refractivity contribution is 6.29. The van der Waals surface area contributed by atoms with Gasteiger partial charge in [0.15, 0.2) is 11.0 Å². The predicted octanol–water partition coefficient (Wildman–Crippen LogP) is 0.455. The zero-order chi connectivity index (χ0) is 13.7. The Morgan fingerprint density at radius 1 is 1.42 bits per heavy atom. The number of nitrogens with zero attached hydrogens (tertiary/aromatic N) is 3. The number of carbonyl (C=O) groups is 1. The van der Waals surface area contributed by atoms with Crippen LogP contribution in [-0.4, -0.2) is 47.5 Å². The molecule has 0 unspecified atom stereocenters. The predicted molar refractivity (Wildman–Crippen MR) is 72.1 cm³/mol. The van der Waals surface area contributed by atoms with Gasteiger partial charge in [-0.3, -0.25) is 4.79 Å². The van der Waals surface area contributed by atoms with Crippen LogP contribution in [0, 0.1) is 5.92 Å². The van der Waals surface area contributed by atoms with Crippen LogP contribution in [-0.2, 0) is 4.79 Å². The smallest absolute Gasteiger partial charge is 0.223 e. The maximum absolute atomic E-state index is 11.8. The number of aromatic nitrogens is 2. The van der Waals surface area contributed by atoms with Gasteiger partial charge in [-0.15, -0.1) is 10.2 Å². The Hall–Kier alpha value is -1.40. The highest BCUT2D eigenvalue weighted by atomic mass is 35.5. The molecule has 2 N–H and O–H groups in total. The Kier molecular flexibility index (Phi) is 4.93. The lowest BCUT2D eigenvalue weighted by Crippen LogP contribution is -2.41. The molecule has 0 spiro atoms. The average molecular weight is 285 g/mol. The van der Waals surface area contributed by atoms with Crippen LogP contribution >= 0.6 is 11.6 Å². The Morgan fingerprint density at radius 2 is 2.16 bits per heavy atom. The van der Waals surface area contributed by atoms with Crippen molar-refractivity contribution < 1.29 is 9.90 Å². The molecule has 0 bridgehead atoms. The number of hydrogen-bond donors (Lipinski definition) is 2. The van der Waals surface area contributed by atoms with E-state index in [0.717, 1.165) is 31.7 Å². The summed E-state index contributed by atoms with van der Waals surface area (Å²) in [5.41, 5.74) is 0. The molecule has 1 amide bonds. The zero-order valence-electron chi connectivity index (χ0n) is 10.5. The molecule has 0 saturated carbocycles. The second-order valence-corrected chi connectivity index (χ2v) is 4.88. The third kappa shape index (κ3) is 3.78. The first kappa shape index (κ1) is 14.0. The van der Waals surface area contributed by atoms with Gasteiger partial charge >= 0.3 is 0 Å². The maximum atomic E-state index is 11.8. The molecule has 6 nitrogen and oxygen atoms in total. The molecular formula is C12H17ClN4O2. The van der Waals surface area contributed by atoms with Gasteiger partial charge in [0.2, 0.25) is 5.91 Å². The summed E-state index contributed by atoms with van der Waals surface area (Å²) in [6.45, 7) is 1.84. The number of nitrogens with one attached hydrogen (secondary N) is 1. The van der Waals surface area contributed by atoms with Crippen molar-refractivity contribution >= 4 is 23.3 Å². The molecule has 0 aromatic carbocycles. The number of aliphatic hydroxyl groups is 1. The summed E-state index contributed by atoms with van der Waals surface area (Å²) in [5.74, 6) is 0.831. The van der Waals surface area contributed by atoms with Gasteiger partial charge in [0.25, 0.3) is 0 Å². The standard InChI is InChI=1S/C12H17ClN4O2/c13-10-1-2-11(16-15-10)17-6-3-9(4-7-17)12(19)14-5-8-18/h1-2,9,18H,3-8H2,(H,14,19). The highest BCUT2D eigenvalue weighted by Crippen LogP contribution is 2.21. The molecule has 1 fully saturated rings. The van der Waals surface area contributed by atoms with E-state index in [1.54, 1.807) is 6.07 Å². The average Bonchev–Trinajstić information content (AvgIpc) is 2.46.